The number of thiazole rings is 1. The largest absolute Gasteiger partial charge is 0.465 e. The molecule has 0 bridgehead atoms. The molecular weight excluding hydrogens is 296 g/mol. The molecule has 0 aliphatic carbocycles. The molecule has 0 saturated carbocycles. The lowest BCUT2D eigenvalue weighted by molar-refractivity contribution is 0.214. The van der Waals surface area contributed by atoms with Crippen LogP contribution in [-0.2, 0) is 10.0 Å². The fourth-order valence-corrected chi connectivity index (χ4v) is 4.22. The van der Waals surface area contributed by atoms with E-state index in [2.05, 4.69) is 4.98 Å². The number of hydrogen-bond donors (Lipinski definition) is 0. The van der Waals surface area contributed by atoms with Crippen molar-refractivity contribution >= 4 is 21.4 Å². The predicted octanol–water partition coefficient (Wildman–Crippen LogP) is 1.99. The molecule has 2 heterocycles. The second-order valence-corrected chi connectivity index (χ2v) is 7.30. The summed E-state index contributed by atoms with van der Waals surface area (Å²) in [6.45, 7) is 0.851. The van der Waals surface area contributed by atoms with Crippen molar-refractivity contribution in [3.8, 4) is 5.19 Å². The van der Waals surface area contributed by atoms with Gasteiger partial charge in [-0.2, -0.15) is 4.31 Å². The average molecular weight is 310 g/mol. The molecule has 1 aliphatic heterocycles. The first-order valence-electron chi connectivity index (χ1n) is 6.27. The van der Waals surface area contributed by atoms with Gasteiger partial charge in [0, 0.05) is 18.1 Å². The minimum absolute atomic E-state index is 0.125. The summed E-state index contributed by atoms with van der Waals surface area (Å²) in [4.78, 5) is 4.38. The number of sulfonamides is 1. The second kappa shape index (κ2) is 5.51. The molecule has 0 amide bonds. The molecule has 3 rings (SSSR count). The molecule has 106 valence electrons. The van der Waals surface area contributed by atoms with Crippen molar-refractivity contribution in [1.82, 2.24) is 9.29 Å². The lowest BCUT2D eigenvalue weighted by Crippen LogP contribution is -2.31. The third-order valence-corrected chi connectivity index (χ3v) is 5.71. The topological polar surface area (TPSA) is 59.5 Å². The van der Waals surface area contributed by atoms with Crippen molar-refractivity contribution in [2.75, 3.05) is 13.1 Å². The Kier molecular flexibility index (Phi) is 3.73. The standard InChI is InChI=1S/C13H14N2O3S2/c16-20(17,12-4-2-1-3-5-12)15-8-6-11(10-15)18-13-14-7-9-19-13/h1-5,7,9,11H,6,8,10H2. The zero-order chi connectivity index (χ0) is 14.0. The van der Waals surface area contributed by atoms with Gasteiger partial charge in [0.1, 0.15) is 6.10 Å². The van der Waals surface area contributed by atoms with Crippen molar-refractivity contribution in [3.05, 3.63) is 41.9 Å². The number of aromatic nitrogens is 1. The molecule has 1 aliphatic rings. The lowest BCUT2D eigenvalue weighted by Gasteiger charge is -2.16. The summed E-state index contributed by atoms with van der Waals surface area (Å²) in [6.07, 6.45) is 2.23. The molecule has 0 spiro atoms. The van der Waals surface area contributed by atoms with E-state index in [1.165, 1.54) is 15.6 Å². The summed E-state index contributed by atoms with van der Waals surface area (Å²) in [6, 6.07) is 8.49. The molecule has 1 unspecified atom stereocenters. The number of rotatable bonds is 4. The quantitative estimate of drug-likeness (QED) is 0.866. The van der Waals surface area contributed by atoms with E-state index in [0.717, 1.165) is 0 Å². The van der Waals surface area contributed by atoms with E-state index in [4.69, 9.17) is 4.74 Å². The molecule has 0 radical (unpaired) electrons. The molecule has 1 atom stereocenters. The van der Waals surface area contributed by atoms with Gasteiger partial charge in [-0.1, -0.05) is 29.5 Å². The molecule has 0 N–H and O–H groups in total. The van der Waals surface area contributed by atoms with Crippen LogP contribution in [0.3, 0.4) is 0 Å². The average Bonchev–Trinajstić information content (AvgIpc) is 3.12. The number of benzene rings is 1. The predicted molar refractivity (Wildman–Crippen MR) is 76.3 cm³/mol. The summed E-state index contributed by atoms with van der Waals surface area (Å²) in [7, 11) is -3.41. The van der Waals surface area contributed by atoms with Crippen LogP contribution in [0.4, 0.5) is 0 Å². The third kappa shape index (κ3) is 2.70. The Hall–Kier alpha value is -1.44. The van der Waals surface area contributed by atoms with E-state index in [1.807, 2.05) is 5.38 Å². The molecule has 1 fully saturated rings. The first-order chi connectivity index (χ1) is 9.66. The van der Waals surface area contributed by atoms with Crippen LogP contribution in [0.1, 0.15) is 6.42 Å². The molecule has 7 heteroatoms. The van der Waals surface area contributed by atoms with Crippen molar-refractivity contribution in [3.63, 3.8) is 0 Å². The third-order valence-electron chi connectivity index (χ3n) is 3.17. The molecule has 5 nitrogen and oxygen atoms in total. The minimum Gasteiger partial charge on any atom is -0.465 e. The molecule has 1 saturated heterocycles. The van der Waals surface area contributed by atoms with E-state index in [-0.39, 0.29) is 6.10 Å². The van der Waals surface area contributed by atoms with Gasteiger partial charge in [0.15, 0.2) is 0 Å². The van der Waals surface area contributed by atoms with Gasteiger partial charge in [0.25, 0.3) is 5.19 Å². The van der Waals surface area contributed by atoms with Gasteiger partial charge in [-0.25, -0.2) is 13.4 Å². The van der Waals surface area contributed by atoms with Gasteiger partial charge in [0.05, 0.1) is 11.4 Å². The van der Waals surface area contributed by atoms with Crippen molar-refractivity contribution < 1.29 is 13.2 Å². The Bertz CT molecular complexity index is 656. The summed E-state index contributed by atoms with van der Waals surface area (Å²) < 4.78 is 32.0. The van der Waals surface area contributed by atoms with E-state index in [0.29, 0.717) is 29.6 Å². The summed E-state index contributed by atoms with van der Waals surface area (Å²) in [5.41, 5.74) is 0. The Balaban J connectivity index is 1.71. The van der Waals surface area contributed by atoms with E-state index in [9.17, 15) is 8.42 Å². The Morgan fingerprint density at radius 2 is 2.10 bits per heavy atom. The highest BCUT2D eigenvalue weighted by Crippen LogP contribution is 2.24. The van der Waals surface area contributed by atoms with E-state index in [1.54, 1.807) is 36.5 Å². The highest BCUT2D eigenvalue weighted by Gasteiger charge is 2.33. The van der Waals surface area contributed by atoms with E-state index < -0.39 is 10.0 Å². The first kappa shape index (κ1) is 13.5. The lowest BCUT2D eigenvalue weighted by atomic mass is 10.3. The van der Waals surface area contributed by atoms with Crippen molar-refractivity contribution in [1.29, 1.82) is 0 Å². The molecule has 20 heavy (non-hydrogen) atoms. The fraction of sp³-hybridized carbons (Fsp3) is 0.308. The molecule has 1 aromatic carbocycles. The molecule has 2 aromatic rings. The van der Waals surface area contributed by atoms with Crippen LogP contribution in [0.25, 0.3) is 0 Å². The van der Waals surface area contributed by atoms with Crippen LogP contribution in [0.5, 0.6) is 5.19 Å². The monoisotopic (exact) mass is 310 g/mol. The Morgan fingerprint density at radius 1 is 1.30 bits per heavy atom. The smallest absolute Gasteiger partial charge is 0.273 e. The number of nitrogens with zero attached hydrogens (tertiary/aromatic N) is 2. The van der Waals surface area contributed by atoms with Gasteiger partial charge in [-0.15, -0.1) is 0 Å². The maximum Gasteiger partial charge on any atom is 0.273 e. The highest BCUT2D eigenvalue weighted by molar-refractivity contribution is 7.89. The molecule has 1 aromatic heterocycles. The van der Waals surface area contributed by atoms with Gasteiger partial charge in [0.2, 0.25) is 10.0 Å². The van der Waals surface area contributed by atoms with Gasteiger partial charge < -0.3 is 4.74 Å². The minimum atomic E-state index is -3.41. The normalized spacial score (nSPS) is 20.1. The SMILES string of the molecule is O=S(=O)(c1ccccc1)N1CCC(Oc2nccs2)C1. The van der Waals surface area contributed by atoms with Gasteiger partial charge >= 0.3 is 0 Å². The maximum absolute atomic E-state index is 12.4. The van der Waals surface area contributed by atoms with Crippen LogP contribution in [0.2, 0.25) is 0 Å². The number of hydrogen-bond acceptors (Lipinski definition) is 5. The fourth-order valence-electron chi connectivity index (χ4n) is 2.16. The molecular formula is C13H14N2O3S2. The summed E-state index contributed by atoms with van der Waals surface area (Å²) >= 11 is 1.41. The van der Waals surface area contributed by atoms with E-state index >= 15 is 0 Å². The zero-order valence-corrected chi connectivity index (χ0v) is 12.3. The van der Waals surface area contributed by atoms with Crippen molar-refractivity contribution in [2.45, 2.75) is 17.4 Å². The highest BCUT2D eigenvalue weighted by atomic mass is 32.2. The first-order valence-corrected chi connectivity index (χ1v) is 8.59. The van der Waals surface area contributed by atoms with Crippen LogP contribution >= 0.6 is 11.3 Å². The van der Waals surface area contributed by atoms with Gasteiger partial charge in [-0.3, -0.25) is 0 Å². The summed E-state index contributed by atoms with van der Waals surface area (Å²) in [5.74, 6) is 0. The Labute approximate surface area is 121 Å². The second-order valence-electron chi connectivity index (χ2n) is 4.50. The van der Waals surface area contributed by atoms with Crippen LogP contribution in [0, 0.1) is 0 Å². The van der Waals surface area contributed by atoms with Crippen LogP contribution in [0.15, 0.2) is 46.8 Å². The van der Waals surface area contributed by atoms with Crippen LogP contribution < -0.4 is 4.74 Å². The van der Waals surface area contributed by atoms with Gasteiger partial charge in [-0.05, 0) is 18.6 Å². The Morgan fingerprint density at radius 3 is 2.80 bits per heavy atom. The maximum atomic E-state index is 12.4. The summed E-state index contributed by atoms with van der Waals surface area (Å²) in [5, 5.41) is 2.43. The zero-order valence-electron chi connectivity index (χ0n) is 10.7. The van der Waals surface area contributed by atoms with Crippen LogP contribution in [-0.4, -0.2) is 36.9 Å². The van der Waals surface area contributed by atoms with Crippen molar-refractivity contribution in [2.24, 2.45) is 0 Å². The number of ether oxygens (including phenoxy) is 1.